The van der Waals surface area contributed by atoms with Crippen LogP contribution in [-0.2, 0) is 9.59 Å². The lowest BCUT2D eigenvalue weighted by Crippen LogP contribution is -2.54. The molecule has 13 heavy (non-hydrogen) atoms. The average molecular weight is 187 g/mol. The van der Waals surface area contributed by atoms with Gasteiger partial charge in [-0.05, 0) is 6.92 Å². The second-order valence-electron chi connectivity index (χ2n) is 2.75. The number of amides is 1. The molecule has 1 unspecified atom stereocenters. The van der Waals surface area contributed by atoms with Crippen molar-refractivity contribution in [2.75, 3.05) is 0 Å². The summed E-state index contributed by atoms with van der Waals surface area (Å²) in [5, 5.41) is 19.9. The first-order valence-corrected chi connectivity index (χ1v) is 3.77. The third-order valence-corrected chi connectivity index (χ3v) is 1.57. The fraction of sp³-hybridized carbons (Fsp3) is 0.500. The fourth-order valence-corrected chi connectivity index (χ4v) is 0.588. The minimum Gasteiger partial charge on any atom is -0.478 e. The van der Waals surface area contributed by atoms with Crippen molar-refractivity contribution in [1.82, 2.24) is 5.32 Å². The van der Waals surface area contributed by atoms with E-state index in [0.717, 1.165) is 0 Å². The first-order valence-electron chi connectivity index (χ1n) is 3.77. The van der Waals surface area contributed by atoms with Gasteiger partial charge in [-0.25, -0.2) is 4.79 Å². The lowest BCUT2D eigenvalue weighted by molar-refractivity contribution is -0.165. The van der Waals surface area contributed by atoms with Gasteiger partial charge in [0.2, 0.25) is 11.6 Å². The van der Waals surface area contributed by atoms with Crippen molar-refractivity contribution in [2.24, 2.45) is 0 Å². The number of hydrogen-bond donors (Lipinski definition) is 3. The molecule has 0 spiro atoms. The fourth-order valence-electron chi connectivity index (χ4n) is 0.588. The SMILES string of the molecule is C=C(C)C(=O)NC(O)(CC)C(=O)O. The van der Waals surface area contributed by atoms with Gasteiger partial charge < -0.3 is 15.5 Å². The van der Waals surface area contributed by atoms with Crippen LogP contribution < -0.4 is 5.32 Å². The number of nitrogens with one attached hydrogen (secondary N) is 1. The van der Waals surface area contributed by atoms with Gasteiger partial charge in [-0.3, -0.25) is 4.79 Å². The van der Waals surface area contributed by atoms with Gasteiger partial charge in [0.15, 0.2) is 0 Å². The van der Waals surface area contributed by atoms with E-state index in [1.807, 2.05) is 5.32 Å². The van der Waals surface area contributed by atoms with E-state index in [2.05, 4.69) is 6.58 Å². The van der Waals surface area contributed by atoms with E-state index in [9.17, 15) is 14.7 Å². The molecule has 0 aliphatic heterocycles. The van der Waals surface area contributed by atoms with Gasteiger partial charge in [-0.15, -0.1) is 0 Å². The van der Waals surface area contributed by atoms with Crippen molar-refractivity contribution in [3.8, 4) is 0 Å². The van der Waals surface area contributed by atoms with E-state index in [4.69, 9.17) is 5.11 Å². The van der Waals surface area contributed by atoms with Crippen LogP contribution in [-0.4, -0.2) is 27.8 Å². The molecule has 0 saturated carbocycles. The highest BCUT2D eigenvalue weighted by Gasteiger charge is 2.35. The van der Waals surface area contributed by atoms with Crippen molar-refractivity contribution in [3.63, 3.8) is 0 Å². The van der Waals surface area contributed by atoms with E-state index in [1.165, 1.54) is 13.8 Å². The maximum Gasteiger partial charge on any atom is 0.357 e. The maximum atomic E-state index is 11.0. The van der Waals surface area contributed by atoms with Gasteiger partial charge >= 0.3 is 5.97 Å². The molecular formula is C8H13NO4. The highest BCUT2D eigenvalue weighted by atomic mass is 16.4. The summed E-state index contributed by atoms with van der Waals surface area (Å²) in [6.45, 7) is 6.19. The van der Waals surface area contributed by atoms with Crippen molar-refractivity contribution in [1.29, 1.82) is 0 Å². The highest BCUT2D eigenvalue weighted by molar-refractivity contribution is 5.95. The molecule has 0 rings (SSSR count). The monoisotopic (exact) mass is 187 g/mol. The van der Waals surface area contributed by atoms with E-state index in [1.54, 1.807) is 0 Å². The van der Waals surface area contributed by atoms with Crippen LogP contribution in [0.15, 0.2) is 12.2 Å². The minimum atomic E-state index is -2.20. The van der Waals surface area contributed by atoms with Gasteiger partial charge in [-0.2, -0.15) is 0 Å². The van der Waals surface area contributed by atoms with E-state index >= 15 is 0 Å². The molecule has 5 nitrogen and oxygen atoms in total. The number of aliphatic carboxylic acids is 1. The molecule has 0 aliphatic carbocycles. The second kappa shape index (κ2) is 4.04. The molecule has 0 aliphatic rings. The van der Waals surface area contributed by atoms with Gasteiger partial charge in [0.05, 0.1) is 0 Å². The Balaban J connectivity index is 4.55. The Hall–Kier alpha value is -1.36. The van der Waals surface area contributed by atoms with Crippen molar-refractivity contribution < 1.29 is 19.8 Å². The highest BCUT2D eigenvalue weighted by Crippen LogP contribution is 2.06. The Morgan fingerprint density at radius 3 is 2.23 bits per heavy atom. The zero-order valence-corrected chi connectivity index (χ0v) is 7.63. The van der Waals surface area contributed by atoms with Gasteiger partial charge in [0.1, 0.15) is 0 Å². The molecular weight excluding hydrogens is 174 g/mol. The molecule has 0 radical (unpaired) electrons. The third-order valence-electron chi connectivity index (χ3n) is 1.57. The average Bonchev–Trinajstić information content (AvgIpc) is 2.03. The van der Waals surface area contributed by atoms with Crippen molar-refractivity contribution in [2.45, 2.75) is 26.0 Å². The molecule has 0 aromatic heterocycles. The maximum absolute atomic E-state index is 11.0. The Bertz CT molecular complexity index is 249. The molecule has 3 N–H and O–H groups in total. The molecule has 5 heteroatoms. The van der Waals surface area contributed by atoms with Crippen molar-refractivity contribution >= 4 is 11.9 Å². The first kappa shape index (κ1) is 11.6. The van der Waals surface area contributed by atoms with Gasteiger partial charge in [0.25, 0.3) is 0 Å². The quantitative estimate of drug-likeness (QED) is 0.422. The lowest BCUT2D eigenvalue weighted by atomic mass is 10.1. The van der Waals surface area contributed by atoms with Gasteiger partial charge in [0, 0.05) is 12.0 Å². The summed E-state index contributed by atoms with van der Waals surface area (Å²) in [7, 11) is 0. The summed E-state index contributed by atoms with van der Waals surface area (Å²) in [6.07, 6.45) is -0.110. The third kappa shape index (κ3) is 2.87. The Morgan fingerprint density at radius 2 is 2.00 bits per heavy atom. The van der Waals surface area contributed by atoms with E-state index in [0.29, 0.717) is 0 Å². The number of carbonyl (C=O) groups excluding carboxylic acids is 1. The zero-order chi connectivity index (χ0) is 10.6. The molecule has 0 heterocycles. The molecule has 1 atom stereocenters. The summed E-state index contributed by atoms with van der Waals surface area (Å²) in [6, 6.07) is 0. The van der Waals surface area contributed by atoms with Crippen LogP contribution in [0, 0.1) is 0 Å². The molecule has 1 amide bonds. The summed E-state index contributed by atoms with van der Waals surface area (Å²) in [5.41, 5.74) is -2.05. The molecule has 0 bridgehead atoms. The number of carboxylic acids is 1. The van der Waals surface area contributed by atoms with Crippen molar-refractivity contribution in [3.05, 3.63) is 12.2 Å². The molecule has 0 fully saturated rings. The number of aliphatic hydroxyl groups is 1. The lowest BCUT2D eigenvalue weighted by Gasteiger charge is -2.22. The Morgan fingerprint density at radius 1 is 1.54 bits per heavy atom. The smallest absolute Gasteiger partial charge is 0.357 e. The van der Waals surface area contributed by atoms with E-state index < -0.39 is 17.6 Å². The van der Waals surface area contributed by atoms with Crippen LogP contribution in [0.25, 0.3) is 0 Å². The minimum absolute atomic E-state index is 0.110. The van der Waals surface area contributed by atoms with Crippen LogP contribution in [0.4, 0.5) is 0 Å². The summed E-state index contributed by atoms with van der Waals surface area (Å²) in [4.78, 5) is 21.5. The predicted molar refractivity (Wildman–Crippen MR) is 45.8 cm³/mol. The summed E-state index contributed by atoms with van der Waals surface area (Å²) < 4.78 is 0. The number of carboxylic acid groups (broad SMARTS) is 1. The largest absolute Gasteiger partial charge is 0.478 e. The van der Waals surface area contributed by atoms with Crippen LogP contribution in [0.2, 0.25) is 0 Å². The summed E-state index contributed by atoms with van der Waals surface area (Å²) in [5.74, 6) is -2.16. The molecule has 74 valence electrons. The van der Waals surface area contributed by atoms with Crippen LogP contribution >= 0.6 is 0 Å². The standard InChI is InChI=1S/C8H13NO4/c1-4-8(13,7(11)12)9-6(10)5(2)3/h13H,2,4H2,1,3H3,(H,9,10)(H,11,12). The number of hydrogen-bond acceptors (Lipinski definition) is 3. The Kier molecular flexibility index (Phi) is 3.62. The summed E-state index contributed by atoms with van der Waals surface area (Å²) >= 11 is 0. The van der Waals surface area contributed by atoms with Crippen LogP contribution in [0.1, 0.15) is 20.3 Å². The van der Waals surface area contributed by atoms with E-state index in [-0.39, 0.29) is 12.0 Å². The molecule has 0 aromatic carbocycles. The number of carbonyl (C=O) groups is 2. The molecule has 0 aromatic rings. The molecule has 0 saturated heterocycles. The number of rotatable bonds is 4. The zero-order valence-electron chi connectivity index (χ0n) is 7.63. The normalized spacial score (nSPS) is 14.4. The van der Waals surface area contributed by atoms with Crippen LogP contribution in [0.5, 0.6) is 0 Å². The second-order valence-corrected chi connectivity index (χ2v) is 2.75. The van der Waals surface area contributed by atoms with Crippen LogP contribution in [0.3, 0.4) is 0 Å². The Labute approximate surface area is 76.1 Å². The predicted octanol–water partition coefficient (Wildman–Crippen LogP) is -0.138. The van der Waals surface area contributed by atoms with Gasteiger partial charge in [-0.1, -0.05) is 13.5 Å². The first-order chi connectivity index (χ1) is 5.83. The topological polar surface area (TPSA) is 86.6 Å².